The molecule has 1 amide bonds. The van der Waals surface area contributed by atoms with Crippen LogP contribution in [-0.4, -0.2) is 43.7 Å². The monoisotopic (exact) mass is 289 g/mol. The van der Waals surface area contributed by atoms with Crippen LogP contribution < -0.4 is 5.73 Å². The lowest BCUT2D eigenvalue weighted by Gasteiger charge is -2.24. The molecule has 21 heavy (non-hydrogen) atoms. The molecule has 0 aromatic heterocycles. The van der Waals surface area contributed by atoms with Crippen molar-refractivity contribution in [2.75, 3.05) is 26.8 Å². The lowest BCUT2D eigenvalue weighted by Crippen LogP contribution is -2.45. The van der Waals surface area contributed by atoms with Gasteiger partial charge in [0.05, 0.1) is 25.1 Å². The number of benzene rings is 1. The van der Waals surface area contributed by atoms with Crippen LogP contribution in [0.3, 0.4) is 0 Å². The fraction of sp³-hybridized carbons (Fsp3) is 0.500. The van der Waals surface area contributed by atoms with Crippen LogP contribution in [0.5, 0.6) is 0 Å². The quantitative estimate of drug-likeness (QED) is 0.744. The predicted molar refractivity (Wildman–Crippen MR) is 81.4 cm³/mol. The molecule has 0 aliphatic carbocycles. The molecule has 0 saturated carbocycles. The molecule has 1 unspecified atom stereocenters. The summed E-state index contributed by atoms with van der Waals surface area (Å²) in [7, 11) is 1.59. The third-order valence-corrected chi connectivity index (χ3v) is 3.27. The fourth-order valence-corrected chi connectivity index (χ4v) is 2.04. The fourth-order valence-electron chi connectivity index (χ4n) is 2.04. The van der Waals surface area contributed by atoms with Crippen LogP contribution in [0.15, 0.2) is 30.3 Å². The summed E-state index contributed by atoms with van der Waals surface area (Å²) in [4.78, 5) is 13.9. The molecule has 0 saturated heterocycles. The molecule has 0 bridgehead atoms. The lowest BCUT2D eigenvalue weighted by molar-refractivity contribution is -0.133. The molecule has 114 valence electrons. The van der Waals surface area contributed by atoms with Gasteiger partial charge in [-0.15, -0.1) is 0 Å². The summed E-state index contributed by atoms with van der Waals surface area (Å²) in [5.74, 6) is -0.113. The molecule has 0 aliphatic heterocycles. The van der Waals surface area contributed by atoms with Crippen molar-refractivity contribution in [1.82, 2.24) is 4.90 Å². The van der Waals surface area contributed by atoms with E-state index < -0.39 is 6.04 Å². The molecule has 0 aliphatic rings. The normalized spacial score (nSPS) is 11.7. The number of nitriles is 1. The molecule has 0 fully saturated rings. The Hall–Kier alpha value is -1.90. The molecule has 0 radical (unpaired) electrons. The summed E-state index contributed by atoms with van der Waals surface area (Å²) in [6, 6.07) is 11.5. The minimum Gasteiger partial charge on any atom is -0.383 e. The minimum atomic E-state index is -0.541. The minimum absolute atomic E-state index is 0.113. The van der Waals surface area contributed by atoms with Crippen molar-refractivity contribution in [1.29, 1.82) is 5.26 Å². The Morgan fingerprint density at radius 2 is 2.10 bits per heavy atom. The average Bonchev–Trinajstić information content (AvgIpc) is 2.53. The molecule has 2 N–H and O–H groups in total. The zero-order valence-corrected chi connectivity index (χ0v) is 12.5. The molecule has 1 aromatic carbocycles. The summed E-state index contributed by atoms with van der Waals surface area (Å²) in [5, 5.41) is 8.66. The van der Waals surface area contributed by atoms with Crippen molar-refractivity contribution in [3.8, 4) is 6.07 Å². The Bertz CT molecular complexity index is 456. The highest BCUT2D eigenvalue weighted by molar-refractivity contribution is 5.81. The van der Waals surface area contributed by atoms with Crippen molar-refractivity contribution >= 4 is 5.91 Å². The van der Waals surface area contributed by atoms with Crippen LogP contribution in [0.2, 0.25) is 0 Å². The Morgan fingerprint density at radius 1 is 1.38 bits per heavy atom. The first-order chi connectivity index (χ1) is 10.2. The number of hydrogen-bond acceptors (Lipinski definition) is 4. The van der Waals surface area contributed by atoms with Gasteiger partial charge in [-0.2, -0.15) is 5.26 Å². The van der Waals surface area contributed by atoms with Crippen LogP contribution in [0.4, 0.5) is 0 Å². The van der Waals surface area contributed by atoms with Gasteiger partial charge in [0.2, 0.25) is 5.91 Å². The molecule has 1 aromatic rings. The molecule has 1 rings (SSSR count). The van der Waals surface area contributed by atoms with E-state index in [2.05, 4.69) is 6.07 Å². The van der Waals surface area contributed by atoms with E-state index in [-0.39, 0.29) is 5.91 Å². The van der Waals surface area contributed by atoms with E-state index in [1.54, 1.807) is 12.0 Å². The number of amides is 1. The number of carbonyl (C=O) groups is 1. The highest BCUT2D eigenvalue weighted by atomic mass is 16.5. The number of methoxy groups -OCH3 is 1. The van der Waals surface area contributed by atoms with E-state index in [0.717, 1.165) is 6.42 Å². The van der Waals surface area contributed by atoms with Gasteiger partial charge in [-0.3, -0.25) is 4.79 Å². The maximum absolute atomic E-state index is 12.3. The number of nitrogens with two attached hydrogens (primary N) is 1. The Labute approximate surface area is 126 Å². The molecule has 0 heterocycles. The van der Waals surface area contributed by atoms with Crippen molar-refractivity contribution in [2.24, 2.45) is 5.73 Å². The Morgan fingerprint density at radius 3 is 2.71 bits per heavy atom. The number of nitrogens with zero attached hydrogens (tertiary/aromatic N) is 2. The van der Waals surface area contributed by atoms with E-state index in [4.69, 9.17) is 15.7 Å². The number of aryl methyl sites for hydroxylation is 1. The zero-order valence-electron chi connectivity index (χ0n) is 12.5. The van der Waals surface area contributed by atoms with E-state index in [1.807, 2.05) is 30.3 Å². The maximum atomic E-state index is 12.3. The first-order valence-electron chi connectivity index (χ1n) is 7.13. The maximum Gasteiger partial charge on any atom is 0.239 e. The van der Waals surface area contributed by atoms with Gasteiger partial charge in [-0.05, 0) is 18.4 Å². The predicted octanol–water partition coefficient (Wildman–Crippen LogP) is 1.34. The second-order valence-corrected chi connectivity index (χ2v) is 4.86. The Kier molecular flexibility index (Phi) is 8.10. The summed E-state index contributed by atoms with van der Waals surface area (Å²) in [6.07, 6.45) is 1.67. The van der Waals surface area contributed by atoms with Gasteiger partial charge in [0, 0.05) is 20.2 Å². The van der Waals surface area contributed by atoms with Gasteiger partial charge in [0.25, 0.3) is 0 Å². The van der Waals surface area contributed by atoms with Crippen LogP contribution >= 0.6 is 0 Å². The van der Waals surface area contributed by atoms with E-state index in [0.29, 0.717) is 32.5 Å². The van der Waals surface area contributed by atoms with Gasteiger partial charge in [0.15, 0.2) is 0 Å². The Balaban J connectivity index is 2.50. The SMILES string of the molecule is COCCN(CCC#N)C(=O)C(N)CCc1ccccc1. The zero-order chi connectivity index (χ0) is 15.5. The molecule has 0 spiro atoms. The topological polar surface area (TPSA) is 79.3 Å². The van der Waals surface area contributed by atoms with Crippen LogP contribution in [0.25, 0.3) is 0 Å². The van der Waals surface area contributed by atoms with Gasteiger partial charge < -0.3 is 15.4 Å². The van der Waals surface area contributed by atoms with Crippen LogP contribution in [0.1, 0.15) is 18.4 Å². The first-order valence-corrected chi connectivity index (χ1v) is 7.13. The third-order valence-electron chi connectivity index (χ3n) is 3.27. The van der Waals surface area contributed by atoms with Gasteiger partial charge in [-0.25, -0.2) is 0 Å². The summed E-state index contributed by atoms with van der Waals surface area (Å²) in [5.41, 5.74) is 7.16. The highest BCUT2D eigenvalue weighted by Gasteiger charge is 2.20. The van der Waals surface area contributed by atoms with Crippen molar-refractivity contribution in [3.05, 3.63) is 35.9 Å². The molecule has 1 atom stereocenters. The van der Waals surface area contributed by atoms with Gasteiger partial charge in [-0.1, -0.05) is 30.3 Å². The van der Waals surface area contributed by atoms with Crippen LogP contribution in [-0.2, 0) is 16.0 Å². The van der Waals surface area contributed by atoms with Crippen LogP contribution in [0, 0.1) is 11.3 Å². The van der Waals surface area contributed by atoms with E-state index >= 15 is 0 Å². The molecule has 5 heteroatoms. The van der Waals surface area contributed by atoms with Gasteiger partial charge in [0.1, 0.15) is 0 Å². The van der Waals surface area contributed by atoms with Crippen molar-refractivity contribution in [3.63, 3.8) is 0 Å². The summed E-state index contributed by atoms with van der Waals surface area (Å²) >= 11 is 0. The third kappa shape index (κ3) is 6.39. The number of ether oxygens (including phenoxy) is 1. The second-order valence-electron chi connectivity index (χ2n) is 4.86. The summed E-state index contributed by atoms with van der Waals surface area (Å²) < 4.78 is 4.99. The largest absolute Gasteiger partial charge is 0.383 e. The standard InChI is InChI=1S/C16H23N3O2/c1-21-13-12-19(11-5-10-17)16(20)15(18)9-8-14-6-3-2-4-7-14/h2-4,6-7,15H,5,8-9,11-13,18H2,1H3. The van der Waals surface area contributed by atoms with E-state index in [9.17, 15) is 4.79 Å². The lowest BCUT2D eigenvalue weighted by atomic mass is 10.0. The van der Waals surface area contributed by atoms with Crippen molar-refractivity contribution in [2.45, 2.75) is 25.3 Å². The number of rotatable bonds is 9. The van der Waals surface area contributed by atoms with Crippen molar-refractivity contribution < 1.29 is 9.53 Å². The number of carbonyl (C=O) groups excluding carboxylic acids is 1. The smallest absolute Gasteiger partial charge is 0.239 e. The molecular formula is C16H23N3O2. The number of hydrogen-bond donors (Lipinski definition) is 1. The highest BCUT2D eigenvalue weighted by Crippen LogP contribution is 2.06. The average molecular weight is 289 g/mol. The molecular weight excluding hydrogens is 266 g/mol. The van der Waals surface area contributed by atoms with Gasteiger partial charge >= 0.3 is 0 Å². The second kappa shape index (κ2) is 9.92. The van der Waals surface area contributed by atoms with E-state index in [1.165, 1.54) is 5.56 Å². The first kappa shape index (κ1) is 17.2. The molecule has 5 nitrogen and oxygen atoms in total. The summed E-state index contributed by atoms with van der Waals surface area (Å²) in [6.45, 7) is 1.32.